The first-order valence-electron chi connectivity index (χ1n) is 13.5. The molecule has 206 valence electrons. The molecule has 2 amide bonds. The number of nitrogens with one attached hydrogen (secondary N) is 3. The topological polar surface area (TPSA) is 95.1 Å². The van der Waals surface area contributed by atoms with Crippen LogP contribution >= 0.6 is 0 Å². The van der Waals surface area contributed by atoms with Crippen LogP contribution in [0.1, 0.15) is 46.7 Å². The summed E-state index contributed by atoms with van der Waals surface area (Å²) in [5, 5.41) is 10.4. The molecule has 0 bridgehead atoms. The highest BCUT2D eigenvalue weighted by molar-refractivity contribution is 6.35. The smallest absolute Gasteiger partial charge is 0.256 e. The van der Waals surface area contributed by atoms with Gasteiger partial charge < -0.3 is 20.5 Å². The lowest BCUT2D eigenvalue weighted by atomic mass is 10.0. The van der Waals surface area contributed by atoms with E-state index in [1.54, 1.807) is 29.1 Å². The van der Waals surface area contributed by atoms with Crippen LogP contribution in [0.2, 0.25) is 0 Å². The lowest BCUT2D eigenvalue weighted by molar-refractivity contribution is -0.110. The fourth-order valence-corrected chi connectivity index (χ4v) is 5.16. The Hall–Kier alpha value is -4.50. The number of carbonyl (C=O) groups excluding carboxylic acids is 2. The number of carbonyl (C=O) groups is 2. The van der Waals surface area contributed by atoms with Crippen molar-refractivity contribution < 1.29 is 14.0 Å². The van der Waals surface area contributed by atoms with Crippen LogP contribution in [0.3, 0.4) is 0 Å². The zero-order valence-corrected chi connectivity index (χ0v) is 23.1. The molecule has 0 saturated heterocycles. The summed E-state index contributed by atoms with van der Waals surface area (Å²) in [4.78, 5) is 31.6. The van der Waals surface area contributed by atoms with Crippen LogP contribution in [-0.4, -0.2) is 57.7 Å². The van der Waals surface area contributed by atoms with Crippen LogP contribution in [0.5, 0.6) is 0 Å². The van der Waals surface area contributed by atoms with E-state index in [-0.39, 0.29) is 17.6 Å². The number of hydrogen-bond donors (Lipinski definition) is 3. The molecule has 40 heavy (non-hydrogen) atoms. The highest BCUT2D eigenvalue weighted by Gasteiger charge is 2.26. The van der Waals surface area contributed by atoms with Gasteiger partial charge in [0, 0.05) is 41.3 Å². The number of hydrogen-bond acceptors (Lipinski definition) is 4. The third-order valence-electron chi connectivity index (χ3n) is 7.41. The summed E-state index contributed by atoms with van der Waals surface area (Å²) >= 11 is 0. The van der Waals surface area contributed by atoms with Crippen LogP contribution < -0.4 is 10.6 Å². The number of aromatic nitrogens is 3. The number of benzene rings is 2. The molecule has 0 aliphatic carbocycles. The lowest BCUT2D eigenvalue weighted by Gasteiger charge is -2.18. The predicted octanol–water partition coefficient (Wildman–Crippen LogP) is 5.19. The minimum atomic E-state index is -0.315. The van der Waals surface area contributed by atoms with E-state index >= 15 is 0 Å². The molecule has 1 aliphatic heterocycles. The Kier molecular flexibility index (Phi) is 7.66. The van der Waals surface area contributed by atoms with E-state index in [2.05, 4.69) is 39.5 Å². The molecule has 0 spiro atoms. The molecule has 0 unspecified atom stereocenters. The third-order valence-corrected chi connectivity index (χ3v) is 7.41. The molecular formula is C31H33FN6O2. The van der Waals surface area contributed by atoms with Gasteiger partial charge in [0.1, 0.15) is 5.82 Å². The van der Waals surface area contributed by atoms with Crippen molar-refractivity contribution in [1.29, 1.82) is 0 Å². The van der Waals surface area contributed by atoms with Crippen molar-refractivity contribution in [1.82, 2.24) is 25.0 Å². The maximum atomic E-state index is 13.5. The molecule has 4 aromatic rings. The fraction of sp³-hybridized carbons (Fsp3) is 0.258. The van der Waals surface area contributed by atoms with Gasteiger partial charge in [-0.3, -0.25) is 9.59 Å². The van der Waals surface area contributed by atoms with E-state index in [1.807, 2.05) is 38.1 Å². The Balaban J connectivity index is 1.44. The molecule has 2 aromatic carbocycles. The fourth-order valence-electron chi connectivity index (χ4n) is 5.16. The second-order valence-corrected chi connectivity index (χ2v) is 9.82. The van der Waals surface area contributed by atoms with Gasteiger partial charge in [-0.15, -0.1) is 0 Å². The number of halogens is 1. The number of likely N-dealkylation sites (N-methyl/N-ethyl adjacent to an activating group) is 1. The molecule has 0 radical (unpaired) electrons. The monoisotopic (exact) mass is 540 g/mol. The van der Waals surface area contributed by atoms with Crippen molar-refractivity contribution in [2.75, 3.05) is 31.5 Å². The second-order valence-electron chi connectivity index (χ2n) is 9.82. The van der Waals surface area contributed by atoms with Crippen LogP contribution in [0.25, 0.3) is 28.6 Å². The van der Waals surface area contributed by atoms with Crippen molar-refractivity contribution in [2.24, 2.45) is 0 Å². The Morgan fingerprint density at radius 2 is 1.85 bits per heavy atom. The average molecular weight is 541 g/mol. The zero-order chi connectivity index (χ0) is 28.4. The maximum Gasteiger partial charge on any atom is 0.256 e. The van der Waals surface area contributed by atoms with Crippen LogP contribution in [0.4, 0.5) is 10.1 Å². The van der Waals surface area contributed by atoms with Crippen molar-refractivity contribution >= 4 is 29.2 Å². The van der Waals surface area contributed by atoms with E-state index in [4.69, 9.17) is 0 Å². The SMILES string of the molecule is CCN(CC)CCNC(=O)c1c(C)[nH]c(C=C2C(=O)Nc3ccc(-c4ccnn4-c4ccc(F)cc4)cc32)c1C. The molecule has 3 N–H and O–H groups in total. The lowest BCUT2D eigenvalue weighted by Crippen LogP contribution is -2.35. The standard InChI is InChI=1S/C31H33FN6O2/c1-5-37(6-2)16-15-33-31(40)29-19(3)27(35-20(29)4)18-25-24-17-21(7-12-26(24)36-30(25)39)28-13-14-34-38(28)23-10-8-22(32)9-11-23/h7-14,17-18,35H,5-6,15-16H2,1-4H3,(H,33,40)(H,36,39). The molecule has 0 atom stereocenters. The largest absolute Gasteiger partial charge is 0.358 e. The molecule has 9 heteroatoms. The Bertz CT molecular complexity index is 1590. The van der Waals surface area contributed by atoms with E-state index in [1.165, 1.54) is 12.1 Å². The Morgan fingerprint density at radius 3 is 2.58 bits per heavy atom. The summed E-state index contributed by atoms with van der Waals surface area (Å²) in [7, 11) is 0. The van der Waals surface area contributed by atoms with Crippen molar-refractivity contribution in [2.45, 2.75) is 27.7 Å². The van der Waals surface area contributed by atoms with Gasteiger partial charge in [0.15, 0.2) is 0 Å². The highest BCUT2D eigenvalue weighted by atomic mass is 19.1. The molecule has 0 saturated carbocycles. The Labute approximate surface area is 232 Å². The quantitative estimate of drug-likeness (QED) is 0.255. The number of fused-ring (bicyclic) bond motifs is 1. The molecular weight excluding hydrogens is 507 g/mol. The number of rotatable bonds is 9. The molecule has 8 nitrogen and oxygen atoms in total. The van der Waals surface area contributed by atoms with E-state index in [0.29, 0.717) is 29.1 Å². The van der Waals surface area contributed by atoms with Gasteiger partial charge in [-0.05, 0) is 81.0 Å². The average Bonchev–Trinajstić information content (AvgIpc) is 3.63. The van der Waals surface area contributed by atoms with E-state index < -0.39 is 0 Å². The summed E-state index contributed by atoms with van der Waals surface area (Å²) in [6.07, 6.45) is 3.49. The predicted molar refractivity (Wildman–Crippen MR) is 156 cm³/mol. The minimum Gasteiger partial charge on any atom is -0.358 e. The molecule has 3 heterocycles. The van der Waals surface area contributed by atoms with Gasteiger partial charge >= 0.3 is 0 Å². The normalized spacial score (nSPS) is 13.7. The number of H-pyrrole nitrogens is 1. The summed E-state index contributed by atoms with van der Waals surface area (Å²) in [6.45, 7) is 11.2. The summed E-state index contributed by atoms with van der Waals surface area (Å²) in [5.41, 5.74) is 7.22. The number of anilines is 1. The third kappa shape index (κ3) is 5.20. The van der Waals surface area contributed by atoms with Gasteiger partial charge in [-0.25, -0.2) is 9.07 Å². The first kappa shape index (κ1) is 27.1. The minimum absolute atomic E-state index is 0.129. The zero-order valence-electron chi connectivity index (χ0n) is 23.1. The van der Waals surface area contributed by atoms with Gasteiger partial charge in [-0.2, -0.15) is 5.10 Å². The summed E-state index contributed by atoms with van der Waals surface area (Å²) in [5.74, 6) is -0.656. The van der Waals surface area contributed by atoms with Gasteiger partial charge in [0.05, 0.1) is 28.7 Å². The number of aromatic amines is 1. The van der Waals surface area contributed by atoms with E-state index in [0.717, 1.165) is 53.4 Å². The molecule has 1 aliphatic rings. The van der Waals surface area contributed by atoms with Gasteiger partial charge in [0.2, 0.25) is 0 Å². The molecule has 2 aromatic heterocycles. The summed E-state index contributed by atoms with van der Waals surface area (Å²) in [6, 6.07) is 13.7. The van der Waals surface area contributed by atoms with Crippen LogP contribution in [0, 0.1) is 19.7 Å². The summed E-state index contributed by atoms with van der Waals surface area (Å²) < 4.78 is 15.2. The van der Waals surface area contributed by atoms with Gasteiger partial charge in [0.25, 0.3) is 11.8 Å². The van der Waals surface area contributed by atoms with Crippen LogP contribution in [0.15, 0.2) is 54.7 Å². The first-order chi connectivity index (χ1) is 19.3. The number of nitrogens with zero attached hydrogens (tertiary/aromatic N) is 3. The van der Waals surface area contributed by atoms with Crippen molar-refractivity contribution in [3.05, 3.63) is 88.6 Å². The first-order valence-corrected chi connectivity index (χ1v) is 13.5. The maximum absolute atomic E-state index is 13.5. The highest BCUT2D eigenvalue weighted by Crippen LogP contribution is 2.37. The van der Waals surface area contributed by atoms with Gasteiger partial charge in [-0.1, -0.05) is 19.9 Å². The van der Waals surface area contributed by atoms with Crippen molar-refractivity contribution in [3.63, 3.8) is 0 Å². The number of aryl methyl sites for hydroxylation is 1. The molecule has 5 rings (SSSR count). The number of amides is 2. The second kappa shape index (κ2) is 11.3. The Morgan fingerprint density at radius 1 is 1.10 bits per heavy atom. The molecule has 0 fully saturated rings. The van der Waals surface area contributed by atoms with E-state index in [9.17, 15) is 14.0 Å². The van der Waals surface area contributed by atoms with Crippen molar-refractivity contribution in [3.8, 4) is 16.9 Å². The van der Waals surface area contributed by atoms with Crippen LogP contribution in [-0.2, 0) is 4.79 Å².